The summed E-state index contributed by atoms with van der Waals surface area (Å²) in [6, 6.07) is 5.13. The second kappa shape index (κ2) is 6.49. The van der Waals surface area contributed by atoms with Crippen molar-refractivity contribution in [3.8, 4) is 5.75 Å². The zero-order chi connectivity index (χ0) is 16.4. The Labute approximate surface area is 131 Å². The van der Waals surface area contributed by atoms with E-state index in [-0.39, 0.29) is 30.1 Å². The SMILES string of the molecule is CO[C@@H]1CO[C@@H]2OC[C@H](OC(=O)Oc3ccc([N+](=O)[O-])cc3)[C@H]21. The Hall–Kier alpha value is -2.23. The predicted octanol–water partition coefficient (Wildman–Crippen LogP) is 1.50. The van der Waals surface area contributed by atoms with Crippen LogP contribution in [0.3, 0.4) is 0 Å². The molecule has 0 N–H and O–H groups in total. The Morgan fingerprint density at radius 2 is 1.87 bits per heavy atom. The van der Waals surface area contributed by atoms with E-state index in [9.17, 15) is 14.9 Å². The maximum absolute atomic E-state index is 11.9. The molecule has 0 radical (unpaired) electrons. The number of carbonyl (C=O) groups excluding carboxylic acids is 1. The number of nitrogens with zero attached hydrogens (tertiary/aromatic N) is 1. The van der Waals surface area contributed by atoms with Crippen LogP contribution in [0.5, 0.6) is 5.75 Å². The maximum atomic E-state index is 11.9. The summed E-state index contributed by atoms with van der Waals surface area (Å²) in [6.45, 7) is 0.577. The van der Waals surface area contributed by atoms with Gasteiger partial charge in [0.25, 0.3) is 5.69 Å². The molecule has 3 rings (SSSR count). The van der Waals surface area contributed by atoms with Crippen molar-refractivity contribution < 1.29 is 33.4 Å². The fourth-order valence-electron chi connectivity index (χ4n) is 2.68. The third-order valence-corrected chi connectivity index (χ3v) is 3.82. The van der Waals surface area contributed by atoms with Gasteiger partial charge in [-0.15, -0.1) is 0 Å². The molecule has 2 aliphatic heterocycles. The fourth-order valence-corrected chi connectivity index (χ4v) is 2.68. The number of nitro groups is 1. The number of rotatable bonds is 4. The first-order valence-electron chi connectivity index (χ1n) is 6.97. The van der Waals surface area contributed by atoms with Crippen LogP contribution in [0.1, 0.15) is 0 Å². The molecule has 1 aromatic rings. The average Bonchev–Trinajstić information content (AvgIpc) is 3.10. The molecule has 23 heavy (non-hydrogen) atoms. The number of hydrogen-bond acceptors (Lipinski definition) is 8. The first kappa shape index (κ1) is 15.7. The summed E-state index contributed by atoms with van der Waals surface area (Å²) < 4.78 is 26.4. The molecule has 0 saturated carbocycles. The Morgan fingerprint density at radius 3 is 2.48 bits per heavy atom. The van der Waals surface area contributed by atoms with Crippen molar-refractivity contribution in [2.75, 3.05) is 20.3 Å². The van der Waals surface area contributed by atoms with Crippen LogP contribution in [0.4, 0.5) is 10.5 Å². The summed E-state index contributed by atoms with van der Waals surface area (Å²) in [5.74, 6) is -0.0496. The number of benzene rings is 1. The predicted molar refractivity (Wildman–Crippen MR) is 74.0 cm³/mol. The Morgan fingerprint density at radius 1 is 1.22 bits per heavy atom. The quantitative estimate of drug-likeness (QED) is 0.355. The molecule has 0 aliphatic carbocycles. The molecule has 124 valence electrons. The second-order valence-electron chi connectivity index (χ2n) is 5.15. The van der Waals surface area contributed by atoms with Gasteiger partial charge in [-0.2, -0.15) is 0 Å². The number of ether oxygens (including phenoxy) is 5. The van der Waals surface area contributed by atoms with E-state index in [1.165, 1.54) is 24.3 Å². The smallest absolute Gasteiger partial charge is 0.428 e. The lowest BCUT2D eigenvalue weighted by atomic mass is 10.0. The molecule has 0 spiro atoms. The van der Waals surface area contributed by atoms with Crippen LogP contribution < -0.4 is 4.74 Å². The van der Waals surface area contributed by atoms with Crippen LogP contribution in [0.15, 0.2) is 24.3 Å². The zero-order valence-corrected chi connectivity index (χ0v) is 12.2. The number of hydrogen-bond donors (Lipinski definition) is 0. The van der Waals surface area contributed by atoms with E-state index < -0.39 is 23.5 Å². The number of fused-ring (bicyclic) bond motifs is 1. The standard InChI is InChI=1S/C14H15NO8/c1-19-10-6-20-13-12(10)11(7-21-13)23-14(16)22-9-4-2-8(3-5-9)15(17)18/h2-5,10-13H,6-7H2,1H3/t10-,11+,12-,13-/m1/s1. The van der Waals surface area contributed by atoms with Crippen LogP contribution in [0.25, 0.3) is 0 Å². The van der Waals surface area contributed by atoms with Crippen molar-refractivity contribution >= 4 is 11.8 Å². The van der Waals surface area contributed by atoms with Gasteiger partial charge < -0.3 is 23.7 Å². The Kier molecular flexibility index (Phi) is 4.42. The fraction of sp³-hybridized carbons (Fsp3) is 0.500. The summed E-state index contributed by atoms with van der Waals surface area (Å²) >= 11 is 0. The summed E-state index contributed by atoms with van der Waals surface area (Å²) in [6.07, 6.45) is -2.09. The van der Waals surface area contributed by atoms with Crippen LogP contribution in [-0.2, 0) is 18.9 Å². The lowest BCUT2D eigenvalue weighted by Gasteiger charge is -2.20. The molecular formula is C14H15NO8. The van der Waals surface area contributed by atoms with Crippen molar-refractivity contribution in [1.82, 2.24) is 0 Å². The molecule has 0 aromatic heterocycles. The molecule has 0 bridgehead atoms. The molecule has 9 heteroatoms. The summed E-state index contributed by atoms with van der Waals surface area (Å²) in [4.78, 5) is 21.9. The van der Waals surface area contributed by atoms with Gasteiger partial charge >= 0.3 is 6.16 Å². The van der Waals surface area contributed by atoms with Gasteiger partial charge in [0.2, 0.25) is 0 Å². The van der Waals surface area contributed by atoms with Gasteiger partial charge in [0.1, 0.15) is 11.9 Å². The van der Waals surface area contributed by atoms with Crippen molar-refractivity contribution in [3.05, 3.63) is 34.4 Å². The minimum Gasteiger partial charge on any atom is -0.428 e. The molecule has 9 nitrogen and oxygen atoms in total. The van der Waals surface area contributed by atoms with Gasteiger partial charge in [0, 0.05) is 19.2 Å². The summed E-state index contributed by atoms with van der Waals surface area (Å²) in [5, 5.41) is 10.6. The van der Waals surface area contributed by atoms with E-state index in [1.54, 1.807) is 7.11 Å². The number of nitro benzene ring substituents is 1. The molecule has 4 atom stereocenters. The Balaban J connectivity index is 1.58. The lowest BCUT2D eigenvalue weighted by molar-refractivity contribution is -0.384. The van der Waals surface area contributed by atoms with E-state index in [1.807, 2.05) is 0 Å². The highest BCUT2D eigenvalue weighted by molar-refractivity contribution is 5.64. The number of non-ortho nitro benzene ring substituents is 1. The molecule has 0 unspecified atom stereocenters. The first-order chi connectivity index (χ1) is 11.1. The van der Waals surface area contributed by atoms with Crippen LogP contribution in [0.2, 0.25) is 0 Å². The van der Waals surface area contributed by atoms with E-state index >= 15 is 0 Å². The van der Waals surface area contributed by atoms with Crippen LogP contribution in [-0.4, -0.2) is 49.9 Å². The molecule has 2 saturated heterocycles. The zero-order valence-electron chi connectivity index (χ0n) is 12.2. The highest BCUT2D eigenvalue weighted by Gasteiger charge is 2.50. The molecule has 1 aromatic carbocycles. The molecular weight excluding hydrogens is 310 g/mol. The largest absolute Gasteiger partial charge is 0.514 e. The van der Waals surface area contributed by atoms with Gasteiger partial charge in [0.15, 0.2) is 6.29 Å². The maximum Gasteiger partial charge on any atom is 0.514 e. The van der Waals surface area contributed by atoms with Gasteiger partial charge in [-0.1, -0.05) is 0 Å². The van der Waals surface area contributed by atoms with Crippen LogP contribution in [0, 0.1) is 16.0 Å². The molecule has 0 amide bonds. The monoisotopic (exact) mass is 325 g/mol. The van der Waals surface area contributed by atoms with E-state index in [4.69, 9.17) is 23.7 Å². The minimum absolute atomic E-state index is 0.0937. The number of methoxy groups -OCH3 is 1. The lowest BCUT2D eigenvalue weighted by Crippen LogP contribution is -2.35. The highest BCUT2D eigenvalue weighted by atomic mass is 16.8. The van der Waals surface area contributed by atoms with E-state index in [0.717, 1.165) is 0 Å². The van der Waals surface area contributed by atoms with Gasteiger partial charge in [0.05, 0.1) is 30.2 Å². The summed E-state index contributed by atoms with van der Waals surface area (Å²) in [5.41, 5.74) is -0.0937. The molecule has 2 aliphatic rings. The third-order valence-electron chi connectivity index (χ3n) is 3.82. The van der Waals surface area contributed by atoms with E-state index in [0.29, 0.717) is 6.61 Å². The van der Waals surface area contributed by atoms with Crippen molar-refractivity contribution in [3.63, 3.8) is 0 Å². The normalized spacial score (nSPS) is 29.1. The van der Waals surface area contributed by atoms with Crippen molar-refractivity contribution in [2.45, 2.75) is 18.5 Å². The van der Waals surface area contributed by atoms with Crippen LogP contribution >= 0.6 is 0 Å². The summed E-state index contributed by atoms with van der Waals surface area (Å²) in [7, 11) is 1.56. The van der Waals surface area contributed by atoms with Gasteiger partial charge in [-0.3, -0.25) is 10.1 Å². The average molecular weight is 325 g/mol. The van der Waals surface area contributed by atoms with Gasteiger partial charge in [-0.05, 0) is 12.1 Å². The second-order valence-corrected chi connectivity index (χ2v) is 5.15. The molecule has 2 heterocycles. The van der Waals surface area contributed by atoms with E-state index in [2.05, 4.69) is 0 Å². The first-order valence-corrected chi connectivity index (χ1v) is 6.97. The molecule has 2 fully saturated rings. The van der Waals surface area contributed by atoms with Crippen molar-refractivity contribution in [2.24, 2.45) is 5.92 Å². The van der Waals surface area contributed by atoms with Gasteiger partial charge in [-0.25, -0.2) is 4.79 Å². The minimum atomic E-state index is -0.908. The van der Waals surface area contributed by atoms with Crippen molar-refractivity contribution in [1.29, 1.82) is 0 Å². The Bertz CT molecular complexity index is 589. The highest BCUT2D eigenvalue weighted by Crippen LogP contribution is 2.35. The topological polar surface area (TPSA) is 106 Å². The number of carbonyl (C=O) groups is 1. The third kappa shape index (κ3) is 3.26.